The second-order valence-corrected chi connectivity index (χ2v) is 6.04. The van der Waals surface area contributed by atoms with Crippen molar-refractivity contribution in [3.63, 3.8) is 0 Å². The first kappa shape index (κ1) is 19.0. The van der Waals surface area contributed by atoms with E-state index in [0.717, 1.165) is 5.56 Å². The van der Waals surface area contributed by atoms with Gasteiger partial charge >= 0.3 is 11.9 Å². The first-order chi connectivity index (χ1) is 13.6. The third kappa shape index (κ3) is 4.51. The molecule has 0 heterocycles. The summed E-state index contributed by atoms with van der Waals surface area (Å²) in [6.45, 7) is 0.0744. The zero-order valence-corrected chi connectivity index (χ0v) is 15.3. The molecule has 0 radical (unpaired) electrons. The summed E-state index contributed by atoms with van der Waals surface area (Å²) < 4.78 is 9.92. The SMILES string of the molecule is COC(=O)c1ccc(COC(=O)c2ccc(C(=O)c3ccccc3)cc2)cc1. The van der Waals surface area contributed by atoms with Crippen molar-refractivity contribution in [1.82, 2.24) is 0 Å². The van der Waals surface area contributed by atoms with Crippen molar-refractivity contribution in [1.29, 1.82) is 0 Å². The number of carbonyl (C=O) groups excluding carboxylic acids is 3. The Morgan fingerprint density at radius 3 is 1.75 bits per heavy atom. The lowest BCUT2D eigenvalue weighted by Crippen LogP contribution is -2.07. The molecule has 0 amide bonds. The van der Waals surface area contributed by atoms with Crippen molar-refractivity contribution in [2.45, 2.75) is 6.61 Å². The third-order valence-corrected chi connectivity index (χ3v) is 4.16. The molecule has 3 aromatic carbocycles. The Morgan fingerprint density at radius 1 is 0.643 bits per heavy atom. The average Bonchev–Trinajstić information content (AvgIpc) is 2.77. The number of ketones is 1. The van der Waals surface area contributed by atoms with Gasteiger partial charge in [0.2, 0.25) is 0 Å². The molecule has 0 spiro atoms. The topological polar surface area (TPSA) is 69.7 Å². The smallest absolute Gasteiger partial charge is 0.338 e. The standard InChI is InChI=1S/C23H18O5/c1-27-22(25)19-9-7-16(8-10-19)15-28-23(26)20-13-11-18(12-14-20)21(24)17-5-3-2-4-6-17/h2-14H,15H2,1H3. The normalized spacial score (nSPS) is 10.2. The molecular weight excluding hydrogens is 356 g/mol. The maximum absolute atomic E-state index is 12.4. The van der Waals surface area contributed by atoms with Crippen LogP contribution in [0.5, 0.6) is 0 Å². The van der Waals surface area contributed by atoms with E-state index in [-0.39, 0.29) is 12.4 Å². The number of hydrogen-bond donors (Lipinski definition) is 0. The maximum Gasteiger partial charge on any atom is 0.338 e. The van der Waals surface area contributed by atoms with Gasteiger partial charge in [-0.1, -0.05) is 54.6 Å². The Morgan fingerprint density at radius 2 is 1.14 bits per heavy atom. The van der Waals surface area contributed by atoms with Gasteiger partial charge in [-0.05, 0) is 29.8 Å². The van der Waals surface area contributed by atoms with Crippen molar-refractivity contribution in [3.05, 3.63) is 107 Å². The lowest BCUT2D eigenvalue weighted by atomic mass is 10.0. The predicted octanol–water partition coefficient (Wildman–Crippen LogP) is 4.06. The van der Waals surface area contributed by atoms with E-state index in [1.807, 2.05) is 6.07 Å². The van der Waals surface area contributed by atoms with E-state index < -0.39 is 11.9 Å². The van der Waals surface area contributed by atoms with Crippen LogP contribution in [-0.2, 0) is 16.1 Å². The highest BCUT2D eigenvalue weighted by Gasteiger charge is 2.12. The van der Waals surface area contributed by atoms with Crippen molar-refractivity contribution >= 4 is 17.7 Å². The van der Waals surface area contributed by atoms with Crippen molar-refractivity contribution in [3.8, 4) is 0 Å². The molecule has 3 rings (SSSR count). The molecule has 0 N–H and O–H groups in total. The summed E-state index contributed by atoms with van der Waals surface area (Å²) in [7, 11) is 1.32. The first-order valence-electron chi connectivity index (χ1n) is 8.62. The summed E-state index contributed by atoms with van der Waals surface area (Å²) in [6, 6.07) is 21.9. The van der Waals surface area contributed by atoms with E-state index in [1.165, 1.54) is 7.11 Å². The number of hydrogen-bond acceptors (Lipinski definition) is 5. The Bertz CT molecular complexity index is 974. The fourth-order valence-corrected chi connectivity index (χ4v) is 2.60. The summed E-state index contributed by atoms with van der Waals surface area (Å²) in [4.78, 5) is 36.0. The van der Waals surface area contributed by atoms with Crippen molar-refractivity contribution in [2.75, 3.05) is 7.11 Å². The third-order valence-electron chi connectivity index (χ3n) is 4.16. The average molecular weight is 374 g/mol. The first-order valence-corrected chi connectivity index (χ1v) is 8.62. The van der Waals surface area contributed by atoms with Crippen LogP contribution in [0.1, 0.15) is 42.2 Å². The number of rotatable bonds is 6. The fourth-order valence-electron chi connectivity index (χ4n) is 2.60. The van der Waals surface area contributed by atoms with Crippen LogP contribution in [0.2, 0.25) is 0 Å². The lowest BCUT2D eigenvalue weighted by Gasteiger charge is -2.07. The quantitative estimate of drug-likeness (QED) is 0.481. The van der Waals surface area contributed by atoms with Crippen LogP contribution in [-0.4, -0.2) is 24.8 Å². The van der Waals surface area contributed by atoms with E-state index in [1.54, 1.807) is 72.8 Å². The van der Waals surface area contributed by atoms with Crippen LogP contribution in [0, 0.1) is 0 Å². The summed E-state index contributed by atoms with van der Waals surface area (Å²) >= 11 is 0. The summed E-state index contributed by atoms with van der Waals surface area (Å²) in [5.41, 5.74) is 2.62. The van der Waals surface area contributed by atoms with Crippen LogP contribution >= 0.6 is 0 Å². The molecule has 0 fully saturated rings. The van der Waals surface area contributed by atoms with Gasteiger partial charge < -0.3 is 9.47 Å². The maximum atomic E-state index is 12.4. The molecule has 0 saturated heterocycles. The molecule has 140 valence electrons. The van der Waals surface area contributed by atoms with Gasteiger partial charge in [0.05, 0.1) is 18.2 Å². The molecule has 0 unspecified atom stereocenters. The number of methoxy groups -OCH3 is 1. The Hall–Kier alpha value is -3.73. The minimum absolute atomic E-state index is 0.0744. The molecule has 0 saturated carbocycles. The van der Waals surface area contributed by atoms with Gasteiger partial charge in [-0.15, -0.1) is 0 Å². The molecule has 3 aromatic rings. The molecular formula is C23H18O5. The molecule has 0 aromatic heterocycles. The highest BCUT2D eigenvalue weighted by Crippen LogP contribution is 2.13. The Kier molecular flexibility index (Phi) is 5.97. The van der Waals surface area contributed by atoms with E-state index in [4.69, 9.17) is 4.74 Å². The number of ether oxygens (including phenoxy) is 2. The monoisotopic (exact) mass is 374 g/mol. The van der Waals surface area contributed by atoms with E-state index in [2.05, 4.69) is 4.74 Å². The fraction of sp³-hybridized carbons (Fsp3) is 0.0870. The number of benzene rings is 3. The van der Waals surface area contributed by atoms with Gasteiger partial charge in [0, 0.05) is 11.1 Å². The Balaban J connectivity index is 1.60. The van der Waals surface area contributed by atoms with Crippen LogP contribution < -0.4 is 0 Å². The van der Waals surface area contributed by atoms with E-state index in [9.17, 15) is 14.4 Å². The Labute approximate surface area is 162 Å². The van der Waals surface area contributed by atoms with Gasteiger partial charge in [0.1, 0.15) is 6.61 Å². The van der Waals surface area contributed by atoms with Gasteiger partial charge in [0.25, 0.3) is 0 Å². The van der Waals surface area contributed by atoms with Crippen LogP contribution in [0.15, 0.2) is 78.9 Å². The predicted molar refractivity (Wildman–Crippen MR) is 103 cm³/mol. The zero-order chi connectivity index (χ0) is 19.9. The molecule has 0 aliphatic heterocycles. The minimum Gasteiger partial charge on any atom is -0.465 e. The summed E-state index contributed by atoms with van der Waals surface area (Å²) in [6.07, 6.45) is 0. The van der Waals surface area contributed by atoms with Gasteiger partial charge in [-0.3, -0.25) is 4.79 Å². The van der Waals surface area contributed by atoms with Gasteiger partial charge in [0.15, 0.2) is 5.78 Å². The molecule has 0 aliphatic carbocycles. The summed E-state index contributed by atoms with van der Waals surface area (Å²) in [5, 5.41) is 0. The molecule has 0 atom stereocenters. The zero-order valence-electron chi connectivity index (χ0n) is 15.3. The highest BCUT2D eigenvalue weighted by molar-refractivity contribution is 6.09. The van der Waals surface area contributed by atoms with Gasteiger partial charge in [-0.2, -0.15) is 0 Å². The van der Waals surface area contributed by atoms with Crippen LogP contribution in [0.4, 0.5) is 0 Å². The largest absolute Gasteiger partial charge is 0.465 e. The number of carbonyl (C=O) groups is 3. The highest BCUT2D eigenvalue weighted by atomic mass is 16.5. The van der Waals surface area contributed by atoms with Crippen molar-refractivity contribution in [2.24, 2.45) is 0 Å². The minimum atomic E-state index is -0.490. The van der Waals surface area contributed by atoms with E-state index in [0.29, 0.717) is 22.3 Å². The second-order valence-electron chi connectivity index (χ2n) is 6.04. The molecule has 28 heavy (non-hydrogen) atoms. The van der Waals surface area contributed by atoms with E-state index >= 15 is 0 Å². The number of esters is 2. The summed E-state index contributed by atoms with van der Waals surface area (Å²) in [5.74, 6) is -1.02. The molecule has 5 heteroatoms. The van der Waals surface area contributed by atoms with Gasteiger partial charge in [-0.25, -0.2) is 9.59 Å². The van der Waals surface area contributed by atoms with Crippen LogP contribution in [0.25, 0.3) is 0 Å². The molecule has 0 aliphatic rings. The van der Waals surface area contributed by atoms with Crippen molar-refractivity contribution < 1.29 is 23.9 Å². The second kappa shape index (κ2) is 8.77. The van der Waals surface area contributed by atoms with Crippen LogP contribution in [0.3, 0.4) is 0 Å². The molecule has 5 nitrogen and oxygen atoms in total. The molecule has 0 bridgehead atoms. The lowest BCUT2D eigenvalue weighted by molar-refractivity contribution is 0.0471.